The number of methoxy groups -OCH3 is 1. The second-order valence-corrected chi connectivity index (χ2v) is 7.99. The lowest BCUT2D eigenvalue weighted by atomic mass is 10.2. The number of aromatic nitrogens is 2. The van der Waals surface area contributed by atoms with E-state index in [0.29, 0.717) is 5.13 Å². The van der Waals surface area contributed by atoms with Crippen LogP contribution in [-0.2, 0) is 0 Å². The third kappa shape index (κ3) is 5.91. The van der Waals surface area contributed by atoms with Crippen molar-refractivity contribution in [2.75, 3.05) is 56.2 Å². The van der Waals surface area contributed by atoms with Gasteiger partial charge >= 0.3 is 0 Å². The Morgan fingerprint density at radius 3 is 2.72 bits per heavy atom. The maximum Gasteiger partial charge on any atom is 0.203 e. The van der Waals surface area contributed by atoms with Gasteiger partial charge in [-0.1, -0.05) is 29.2 Å². The topological polar surface area (TPSA) is 67.5 Å². The summed E-state index contributed by atoms with van der Waals surface area (Å²) in [6, 6.07) is 8.31. The van der Waals surface area contributed by atoms with Crippen molar-refractivity contribution in [2.45, 2.75) is 10.8 Å². The predicted molar refractivity (Wildman–Crippen MR) is 109 cm³/mol. The average Bonchev–Trinajstić information content (AvgIpc) is 3.04. The van der Waals surface area contributed by atoms with Gasteiger partial charge in [0.05, 0.1) is 7.11 Å². The van der Waals surface area contributed by atoms with E-state index < -0.39 is 0 Å². The minimum Gasteiger partial charge on any atom is -0.497 e. The number of hydrogen-bond acceptors (Lipinski definition) is 8. The first-order valence-corrected chi connectivity index (χ1v) is 9.88. The van der Waals surface area contributed by atoms with E-state index in [1.807, 2.05) is 6.07 Å². The highest BCUT2D eigenvalue weighted by Crippen LogP contribution is 2.24. The Morgan fingerprint density at radius 1 is 1.24 bits per heavy atom. The molecule has 0 amide bonds. The Kier molecular flexibility index (Phi) is 8.08. The number of nitrogens with two attached hydrogens (primary N) is 1. The molecule has 138 valence electrons. The third-order valence-corrected chi connectivity index (χ3v) is 6.03. The molecule has 9 heteroatoms. The van der Waals surface area contributed by atoms with Crippen LogP contribution in [0.4, 0.5) is 10.8 Å². The van der Waals surface area contributed by atoms with Crippen LogP contribution in [0.5, 0.6) is 5.75 Å². The summed E-state index contributed by atoms with van der Waals surface area (Å²) in [5, 5.41) is 8.42. The van der Waals surface area contributed by atoms with E-state index in [1.54, 1.807) is 18.9 Å². The van der Waals surface area contributed by atoms with Gasteiger partial charge in [-0.25, -0.2) is 0 Å². The van der Waals surface area contributed by atoms with Crippen LogP contribution in [-0.4, -0.2) is 60.7 Å². The van der Waals surface area contributed by atoms with Gasteiger partial charge in [0.15, 0.2) is 4.34 Å². The molecule has 2 aromatic rings. The second-order valence-electron chi connectivity index (χ2n) is 5.64. The summed E-state index contributed by atoms with van der Waals surface area (Å²) in [6.45, 7) is 5.47. The average molecular weight is 402 g/mol. The Hall–Kier alpha value is -1.22. The quantitative estimate of drug-likeness (QED) is 0.565. The highest BCUT2D eigenvalue weighted by Gasteiger charge is 2.17. The summed E-state index contributed by atoms with van der Waals surface area (Å²) in [5.41, 5.74) is 6.84. The lowest BCUT2D eigenvalue weighted by Gasteiger charge is -2.36. The van der Waals surface area contributed by atoms with Gasteiger partial charge in [0, 0.05) is 43.7 Å². The number of nitrogen functional groups attached to an aromatic ring is 1. The molecule has 0 spiro atoms. The molecule has 0 bridgehead atoms. The van der Waals surface area contributed by atoms with Crippen molar-refractivity contribution in [1.29, 1.82) is 0 Å². The number of piperazine rings is 1. The van der Waals surface area contributed by atoms with E-state index >= 15 is 0 Å². The summed E-state index contributed by atoms with van der Waals surface area (Å²) in [5.74, 6) is 1.98. The molecule has 0 unspecified atom stereocenters. The first-order valence-electron chi connectivity index (χ1n) is 8.08. The van der Waals surface area contributed by atoms with Crippen molar-refractivity contribution in [3.63, 3.8) is 0 Å². The lowest BCUT2D eigenvalue weighted by Crippen LogP contribution is -2.46. The van der Waals surface area contributed by atoms with Gasteiger partial charge in [-0.3, -0.25) is 4.90 Å². The Bertz CT molecular complexity index is 649. The third-order valence-electron chi connectivity index (χ3n) is 4.06. The van der Waals surface area contributed by atoms with E-state index in [1.165, 1.54) is 17.0 Å². The van der Waals surface area contributed by atoms with E-state index in [9.17, 15) is 0 Å². The Morgan fingerprint density at radius 2 is 2.04 bits per heavy atom. The molecule has 3 rings (SSSR count). The van der Waals surface area contributed by atoms with Crippen LogP contribution in [0, 0.1) is 0 Å². The first kappa shape index (κ1) is 20.1. The summed E-state index contributed by atoms with van der Waals surface area (Å²) in [6.07, 6.45) is 1.16. The predicted octanol–water partition coefficient (Wildman–Crippen LogP) is 2.86. The maximum atomic E-state index is 5.59. The summed E-state index contributed by atoms with van der Waals surface area (Å²) in [7, 11) is 1.71. The van der Waals surface area contributed by atoms with Gasteiger partial charge in [-0.05, 0) is 25.1 Å². The van der Waals surface area contributed by atoms with Crippen molar-refractivity contribution in [1.82, 2.24) is 15.1 Å². The molecule has 1 saturated heterocycles. The normalized spacial score (nSPS) is 15.0. The Balaban J connectivity index is 0.00000225. The zero-order chi connectivity index (χ0) is 16.8. The van der Waals surface area contributed by atoms with E-state index in [4.69, 9.17) is 10.5 Å². The largest absolute Gasteiger partial charge is 0.497 e. The zero-order valence-electron chi connectivity index (χ0n) is 14.3. The minimum absolute atomic E-state index is 0. The molecular weight excluding hydrogens is 378 g/mol. The molecule has 1 fully saturated rings. The molecule has 1 aromatic heterocycles. The molecule has 25 heavy (non-hydrogen) atoms. The number of ether oxygens (including phenoxy) is 1. The van der Waals surface area contributed by atoms with Crippen LogP contribution in [0.3, 0.4) is 0 Å². The number of nitrogens with zero attached hydrogens (tertiary/aromatic N) is 4. The van der Waals surface area contributed by atoms with Crippen molar-refractivity contribution < 1.29 is 4.74 Å². The fourth-order valence-electron chi connectivity index (χ4n) is 2.76. The molecule has 1 aromatic carbocycles. The number of rotatable bonds is 7. The molecule has 6 nitrogen and oxygen atoms in total. The van der Waals surface area contributed by atoms with Crippen molar-refractivity contribution in [2.24, 2.45) is 0 Å². The smallest absolute Gasteiger partial charge is 0.203 e. The molecule has 1 aliphatic rings. The van der Waals surface area contributed by atoms with Gasteiger partial charge < -0.3 is 15.4 Å². The molecule has 0 saturated carbocycles. The summed E-state index contributed by atoms with van der Waals surface area (Å²) in [4.78, 5) is 4.96. The molecule has 0 atom stereocenters. The van der Waals surface area contributed by atoms with Gasteiger partial charge in [0.25, 0.3) is 0 Å². The summed E-state index contributed by atoms with van der Waals surface area (Å²) >= 11 is 3.21. The van der Waals surface area contributed by atoms with Crippen LogP contribution >= 0.6 is 35.5 Å². The van der Waals surface area contributed by atoms with Gasteiger partial charge in [0.2, 0.25) is 5.13 Å². The minimum atomic E-state index is 0. The number of thioether (sulfide) groups is 1. The van der Waals surface area contributed by atoms with Crippen molar-refractivity contribution in [3.8, 4) is 5.75 Å². The highest BCUT2D eigenvalue weighted by atomic mass is 35.5. The van der Waals surface area contributed by atoms with Crippen LogP contribution < -0.4 is 15.4 Å². The molecular formula is C16H24ClN5OS2. The molecule has 1 aliphatic heterocycles. The Labute approximate surface area is 163 Å². The van der Waals surface area contributed by atoms with Crippen molar-refractivity contribution >= 4 is 46.3 Å². The standard InChI is InChI=1S/C16H23N5OS2.ClH/c1-22-14-5-2-4-13(12-14)21-9-7-20(8-10-21)6-3-11-23-16-19-18-15(17)24-16;/h2,4-5,12H,3,6-11H2,1H3,(H2,17,18);1H. The van der Waals surface area contributed by atoms with Crippen molar-refractivity contribution in [3.05, 3.63) is 24.3 Å². The van der Waals surface area contributed by atoms with E-state index in [-0.39, 0.29) is 12.4 Å². The molecule has 2 N–H and O–H groups in total. The van der Waals surface area contributed by atoms with E-state index in [2.05, 4.69) is 38.2 Å². The highest BCUT2D eigenvalue weighted by molar-refractivity contribution is 8.01. The van der Waals surface area contributed by atoms with Crippen LogP contribution in [0.25, 0.3) is 0 Å². The molecule has 0 radical (unpaired) electrons. The monoisotopic (exact) mass is 401 g/mol. The van der Waals surface area contributed by atoms with Crippen LogP contribution in [0.15, 0.2) is 28.6 Å². The van der Waals surface area contributed by atoms with Gasteiger partial charge in [-0.15, -0.1) is 22.6 Å². The SMILES string of the molecule is COc1cccc(N2CCN(CCCSc3nnc(N)s3)CC2)c1.Cl. The number of anilines is 2. The fourth-order valence-corrected chi connectivity index (χ4v) is 4.39. The second kappa shape index (κ2) is 10.1. The number of hydrogen-bond donors (Lipinski definition) is 1. The van der Waals surface area contributed by atoms with Crippen LogP contribution in [0.1, 0.15) is 6.42 Å². The van der Waals surface area contributed by atoms with E-state index in [0.717, 1.165) is 55.0 Å². The fraction of sp³-hybridized carbons (Fsp3) is 0.500. The molecule has 0 aliphatic carbocycles. The number of benzene rings is 1. The van der Waals surface area contributed by atoms with Gasteiger partial charge in [-0.2, -0.15) is 0 Å². The lowest BCUT2D eigenvalue weighted by molar-refractivity contribution is 0.259. The van der Waals surface area contributed by atoms with Gasteiger partial charge in [0.1, 0.15) is 5.75 Å². The number of halogens is 1. The maximum absolute atomic E-state index is 5.59. The van der Waals surface area contributed by atoms with Crippen LogP contribution in [0.2, 0.25) is 0 Å². The first-order chi connectivity index (χ1) is 11.7. The molecule has 2 heterocycles. The zero-order valence-corrected chi connectivity index (χ0v) is 16.7. The summed E-state index contributed by atoms with van der Waals surface area (Å²) < 4.78 is 6.28.